The van der Waals surface area contributed by atoms with Crippen LogP contribution in [-0.2, 0) is 19.1 Å². The van der Waals surface area contributed by atoms with Crippen LogP contribution in [0.4, 0.5) is 0 Å². The number of ether oxygens (including phenoxy) is 1. The number of hydrogen-bond donors (Lipinski definition) is 0. The Bertz CT molecular complexity index is 812. The van der Waals surface area contributed by atoms with Crippen molar-refractivity contribution in [2.24, 2.45) is 28.6 Å². The Hall–Kier alpha value is -1.45. The minimum atomic E-state index is -0.954. The van der Waals surface area contributed by atoms with Gasteiger partial charge in [-0.25, -0.2) is 0 Å². The van der Waals surface area contributed by atoms with Crippen LogP contribution in [0.15, 0.2) is 11.6 Å². The fraction of sp³-hybridized carbons (Fsp3) is 0.821. The number of carbonyl (C=O) groups excluding carboxylic acids is 3. The van der Waals surface area contributed by atoms with Crippen LogP contribution in [-0.4, -0.2) is 23.1 Å². The fourth-order valence-electron chi connectivity index (χ4n) is 8.61. The number of fused-ring (bicyclic) bond motifs is 5. The summed E-state index contributed by atoms with van der Waals surface area (Å²) >= 11 is 0. The molecule has 3 fully saturated rings. The van der Waals surface area contributed by atoms with Crippen LogP contribution in [0, 0.1) is 28.6 Å². The maximum absolute atomic E-state index is 13.1. The molecule has 0 aromatic heterocycles. The number of hydrogen-bond acceptors (Lipinski definition) is 4. The molecule has 0 aliphatic heterocycles. The Morgan fingerprint density at radius 1 is 1.03 bits per heavy atom. The second kappa shape index (κ2) is 8.72. The van der Waals surface area contributed by atoms with Gasteiger partial charge in [0.25, 0.3) is 0 Å². The third kappa shape index (κ3) is 3.42. The van der Waals surface area contributed by atoms with Crippen molar-refractivity contribution in [2.45, 2.75) is 117 Å². The van der Waals surface area contributed by atoms with Gasteiger partial charge in [0.05, 0.1) is 0 Å². The van der Waals surface area contributed by atoms with E-state index in [9.17, 15) is 14.4 Å². The summed E-state index contributed by atoms with van der Waals surface area (Å²) in [6, 6.07) is 0. The average molecular weight is 443 g/mol. The third-order valence-corrected chi connectivity index (χ3v) is 10.3. The summed E-state index contributed by atoms with van der Waals surface area (Å²) in [6.45, 7) is 8.31. The minimum absolute atomic E-state index is 0.0367. The topological polar surface area (TPSA) is 60.4 Å². The summed E-state index contributed by atoms with van der Waals surface area (Å²) in [5, 5.41) is 0. The number of esters is 1. The van der Waals surface area contributed by atoms with Gasteiger partial charge in [0.15, 0.2) is 17.2 Å². The first kappa shape index (κ1) is 23.7. The minimum Gasteiger partial charge on any atom is -0.450 e. The highest BCUT2D eigenvalue weighted by atomic mass is 16.6. The van der Waals surface area contributed by atoms with Crippen molar-refractivity contribution in [1.29, 1.82) is 0 Å². The predicted molar refractivity (Wildman–Crippen MR) is 125 cm³/mol. The molecule has 4 nitrogen and oxygen atoms in total. The lowest BCUT2D eigenvalue weighted by Gasteiger charge is -2.60. The summed E-state index contributed by atoms with van der Waals surface area (Å²) in [5.74, 6) is 1.70. The molecule has 4 aliphatic carbocycles. The second-order valence-corrected chi connectivity index (χ2v) is 11.4. The van der Waals surface area contributed by atoms with E-state index in [2.05, 4.69) is 20.8 Å². The van der Waals surface area contributed by atoms with E-state index in [1.165, 1.54) is 5.57 Å². The largest absolute Gasteiger partial charge is 0.450 e. The Morgan fingerprint density at radius 3 is 2.47 bits per heavy atom. The van der Waals surface area contributed by atoms with E-state index < -0.39 is 5.60 Å². The molecular formula is C28H42O4. The lowest BCUT2D eigenvalue weighted by atomic mass is 9.45. The highest BCUT2D eigenvalue weighted by molar-refractivity contribution is 5.92. The molecule has 178 valence electrons. The zero-order valence-corrected chi connectivity index (χ0v) is 20.6. The molecule has 0 N–H and O–H groups in total. The van der Waals surface area contributed by atoms with Crippen LogP contribution >= 0.6 is 0 Å². The first-order chi connectivity index (χ1) is 15.2. The molecule has 4 aliphatic rings. The number of ketones is 2. The molecule has 4 rings (SSSR count). The van der Waals surface area contributed by atoms with Gasteiger partial charge in [-0.1, -0.05) is 39.2 Å². The number of carbonyl (C=O) groups is 3. The molecule has 0 amide bonds. The molecule has 0 unspecified atom stereocenters. The van der Waals surface area contributed by atoms with Gasteiger partial charge < -0.3 is 4.74 Å². The van der Waals surface area contributed by atoms with E-state index in [1.807, 2.05) is 6.08 Å². The number of allylic oxidation sites excluding steroid dienone is 1. The number of Topliss-reactive ketones (excluding diaryl/α,β-unsaturated/α-hetero) is 1. The highest BCUT2D eigenvalue weighted by Crippen LogP contribution is 2.69. The van der Waals surface area contributed by atoms with Gasteiger partial charge in [-0.05, 0) is 94.0 Å². The molecule has 0 heterocycles. The molecular weight excluding hydrogens is 400 g/mol. The molecule has 0 aromatic rings. The third-order valence-electron chi connectivity index (χ3n) is 10.3. The molecule has 0 bridgehead atoms. The van der Waals surface area contributed by atoms with Crippen LogP contribution in [0.2, 0.25) is 0 Å². The van der Waals surface area contributed by atoms with Crippen molar-refractivity contribution in [3.8, 4) is 0 Å². The molecule has 32 heavy (non-hydrogen) atoms. The Kier molecular flexibility index (Phi) is 6.46. The zero-order chi connectivity index (χ0) is 23.1. The SMILES string of the molecule is CCCCCC(=O)O[C@]1(C(C)=O)CC[C@H]2[C@@H]3CCC4=CC(=O)CC[C@@]4(CC)[C@H]3CC[C@@]21C. The summed E-state index contributed by atoms with van der Waals surface area (Å²) in [7, 11) is 0. The number of rotatable bonds is 7. The van der Waals surface area contributed by atoms with Crippen LogP contribution in [0.3, 0.4) is 0 Å². The molecule has 0 aromatic carbocycles. The number of unbranched alkanes of at least 4 members (excludes halogenated alkanes) is 2. The quantitative estimate of drug-likeness (QED) is 0.340. The maximum Gasteiger partial charge on any atom is 0.306 e. The van der Waals surface area contributed by atoms with E-state index in [4.69, 9.17) is 4.74 Å². The molecule has 4 heteroatoms. The monoisotopic (exact) mass is 442 g/mol. The molecule has 3 saturated carbocycles. The Labute approximate surface area is 193 Å². The first-order valence-electron chi connectivity index (χ1n) is 13.2. The Balaban J connectivity index is 1.61. The summed E-state index contributed by atoms with van der Waals surface area (Å²) in [4.78, 5) is 38.1. The van der Waals surface area contributed by atoms with Crippen molar-refractivity contribution in [3.05, 3.63) is 11.6 Å². The van der Waals surface area contributed by atoms with E-state index in [1.54, 1.807) is 6.92 Å². The van der Waals surface area contributed by atoms with Gasteiger partial charge >= 0.3 is 5.97 Å². The van der Waals surface area contributed by atoms with E-state index >= 15 is 0 Å². The first-order valence-corrected chi connectivity index (χ1v) is 13.2. The van der Waals surface area contributed by atoms with Gasteiger partial charge in [-0.3, -0.25) is 14.4 Å². The van der Waals surface area contributed by atoms with Crippen molar-refractivity contribution in [3.63, 3.8) is 0 Å². The standard InChI is InChI=1S/C28H42O4/c1-5-7-8-9-25(31)32-28(19(3)29)17-14-23-22-11-10-20-18-21(30)12-16-27(20,6-2)24(22)13-15-26(23,28)4/h18,22-24H,5-17H2,1-4H3/t22-,23-,24-,26-,27+,28-/m0/s1. The van der Waals surface area contributed by atoms with E-state index in [-0.39, 0.29) is 22.6 Å². The van der Waals surface area contributed by atoms with Gasteiger partial charge in [0, 0.05) is 18.3 Å². The normalized spacial score (nSPS) is 40.7. The van der Waals surface area contributed by atoms with Crippen LogP contribution in [0.1, 0.15) is 111 Å². The maximum atomic E-state index is 13.1. The van der Waals surface area contributed by atoms with Gasteiger partial charge in [0.1, 0.15) is 0 Å². The molecule has 0 radical (unpaired) electrons. The van der Waals surface area contributed by atoms with Crippen LogP contribution < -0.4 is 0 Å². The lowest BCUT2D eigenvalue weighted by molar-refractivity contribution is -0.189. The van der Waals surface area contributed by atoms with Crippen molar-refractivity contribution in [2.75, 3.05) is 0 Å². The molecule has 0 saturated heterocycles. The van der Waals surface area contributed by atoms with Gasteiger partial charge in [-0.15, -0.1) is 0 Å². The average Bonchev–Trinajstić information content (AvgIpc) is 3.07. The highest BCUT2D eigenvalue weighted by Gasteiger charge is 2.68. The fourth-order valence-corrected chi connectivity index (χ4v) is 8.61. The predicted octanol–water partition coefficient (Wildman–Crippen LogP) is 6.36. The van der Waals surface area contributed by atoms with Gasteiger partial charge in [-0.2, -0.15) is 0 Å². The van der Waals surface area contributed by atoms with Crippen LogP contribution in [0.25, 0.3) is 0 Å². The van der Waals surface area contributed by atoms with Crippen LogP contribution in [0.5, 0.6) is 0 Å². The zero-order valence-electron chi connectivity index (χ0n) is 20.6. The lowest BCUT2D eigenvalue weighted by Crippen LogP contribution is -2.59. The van der Waals surface area contributed by atoms with E-state index in [0.717, 1.165) is 64.2 Å². The summed E-state index contributed by atoms with van der Waals surface area (Å²) < 4.78 is 6.19. The summed E-state index contributed by atoms with van der Waals surface area (Å²) in [5.41, 5.74) is 0.334. The van der Waals surface area contributed by atoms with Crippen molar-refractivity contribution in [1.82, 2.24) is 0 Å². The van der Waals surface area contributed by atoms with E-state index in [0.29, 0.717) is 42.8 Å². The summed E-state index contributed by atoms with van der Waals surface area (Å²) in [6.07, 6.45) is 13.8. The molecule has 0 spiro atoms. The van der Waals surface area contributed by atoms with Crippen molar-refractivity contribution >= 4 is 17.5 Å². The smallest absolute Gasteiger partial charge is 0.306 e. The van der Waals surface area contributed by atoms with Gasteiger partial charge in [0.2, 0.25) is 0 Å². The van der Waals surface area contributed by atoms with Crippen molar-refractivity contribution < 1.29 is 19.1 Å². The second-order valence-electron chi connectivity index (χ2n) is 11.4. The Morgan fingerprint density at radius 2 is 1.78 bits per heavy atom. The molecule has 6 atom stereocenters.